The van der Waals surface area contributed by atoms with Crippen molar-refractivity contribution in [3.8, 4) is 0 Å². The Bertz CT molecular complexity index is 1740. The number of esters is 2. The average Bonchev–Trinajstić information content (AvgIpc) is 3.69. The number of carbonyl (C=O) groups excluding carboxylic acids is 2. The molecule has 0 fully saturated rings. The summed E-state index contributed by atoms with van der Waals surface area (Å²) in [6.45, 7) is 17.1. The fourth-order valence-electron chi connectivity index (χ4n) is 6.82. The highest BCUT2D eigenvalue weighted by Gasteiger charge is 2.28. The first-order valence-electron chi connectivity index (χ1n) is 16.9. The largest absolute Gasteiger partial charge is 0.469 e. The van der Waals surface area contributed by atoms with E-state index in [9.17, 15) is 9.59 Å². The Kier molecular flexibility index (Phi) is 11.8. The van der Waals surface area contributed by atoms with Gasteiger partial charge in [0.05, 0.1) is 37.0 Å². The second-order valence-electron chi connectivity index (χ2n) is 12.7. The van der Waals surface area contributed by atoms with E-state index in [2.05, 4.69) is 77.5 Å². The van der Waals surface area contributed by atoms with Crippen LogP contribution in [0.2, 0.25) is 0 Å². The average molecular weight is 641 g/mol. The first-order valence-corrected chi connectivity index (χ1v) is 16.9. The van der Waals surface area contributed by atoms with E-state index in [1.165, 1.54) is 47.9 Å². The molecule has 0 aromatic carbocycles. The number of methoxy groups -OCH3 is 2. The number of H-pyrrole nitrogens is 2. The fourth-order valence-corrected chi connectivity index (χ4v) is 6.82. The number of hydrogen-bond donors (Lipinski definition) is 2. The minimum atomic E-state index is -0.245. The first-order chi connectivity index (χ1) is 22.4. The van der Waals surface area contributed by atoms with Crippen LogP contribution < -0.4 is 0 Å². The van der Waals surface area contributed by atoms with Gasteiger partial charge in [-0.15, -0.1) is 0 Å². The maximum Gasteiger partial charge on any atom is 0.305 e. The molecule has 8 nitrogen and oxygen atoms in total. The summed E-state index contributed by atoms with van der Waals surface area (Å²) >= 11 is 0. The number of ether oxygens (including phenoxy) is 2. The lowest BCUT2D eigenvalue weighted by atomic mass is 9.94. The van der Waals surface area contributed by atoms with Crippen LogP contribution in [0.5, 0.6) is 0 Å². The molecule has 252 valence electrons. The highest BCUT2D eigenvalue weighted by Crippen LogP contribution is 2.37. The molecule has 4 heterocycles. The Hall–Kier alpha value is -4.20. The van der Waals surface area contributed by atoms with Crippen LogP contribution in [0.15, 0.2) is 43.7 Å². The van der Waals surface area contributed by atoms with E-state index in [1.807, 2.05) is 0 Å². The monoisotopic (exact) mass is 640 g/mol. The summed E-state index contributed by atoms with van der Waals surface area (Å²) in [7, 11) is 2.85. The maximum absolute atomic E-state index is 12.2. The number of carbonyl (C=O) groups is 2. The van der Waals surface area contributed by atoms with E-state index >= 15 is 0 Å². The standard InChI is InChI=1S/C39H52N4O4/c1-11-13-28-22(3)32(40-26(28)7)19-34-24(5)30(15-17-38(44)46-9)37(42-34)21-35-25(6)31(16-18-39(45)47-10)36(43-35)20-33-23(4)29(14-12-2)27(8)41-33/h19-20,40-41H,11-18,21H2,1-10H3/b34-19+,36-20-. The summed E-state index contributed by atoms with van der Waals surface area (Å²) in [4.78, 5) is 41.9. The van der Waals surface area contributed by atoms with Crippen molar-refractivity contribution in [3.63, 3.8) is 0 Å². The predicted molar refractivity (Wildman–Crippen MR) is 192 cm³/mol. The second kappa shape index (κ2) is 15.6. The number of hydrogen-bond acceptors (Lipinski definition) is 6. The molecule has 2 aromatic rings. The van der Waals surface area contributed by atoms with Gasteiger partial charge in [-0.25, -0.2) is 0 Å². The van der Waals surface area contributed by atoms with Crippen molar-refractivity contribution in [1.82, 2.24) is 9.97 Å². The molecule has 0 radical (unpaired) electrons. The quantitative estimate of drug-likeness (QED) is 0.201. The van der Waals surface area contributed by atoms with Crippen LogP contribution in [0, 0.1) is 27.7 Å². The van der Waals surface area contributed by atoms with Crippen LogP contribution in [-0.4, -0.2) is 47.5 Å². The van der Waals surface area contributed by atoms with E-state index in [0.29, 0.717) is 19.3 Å². The van der Waals surface area contributed by atoms with Crippen molar-refractivity contribution in [2.45, 2.75) is 113 Å². The van der Waals surface area contributed by atoms with Crippen molar-refractivity contribution >= 4 is 35.5 Å². The molecule has 0 saturated heterocycles. The lowest BCUT2D eigenvalue weighted by Gasteiger charge is -2.09. The van der Waals surface area contributed by atoms with Crippen molar-refractivity contribution < 1.29 is 19.1 Å². The Morgan fingerprint density at radius 2 is 1.11 bits per heavy atom. The molecule has 8 heteroatoms. The Balaban J connectivity index is 1.76. The zero-order valence-corrected chi connectivity index (χ0v) is 30.0. The van der Waals surface area contributed by atoms with E-state index < -0.39 is 0 Å². The van der Waals surface area contributed by atoms with Gasteiger partial charge in [-0.1, -0.05) is 26.7 Å². The number of aryl methyl sites for hydroxylation is 2. The van der Waals surface area contributed by atoms with Crippen LogP contribution in [0.4, 0.5) is 0 Å². The van der Waals surface area contributed by atoms with Gasteiger partial charge in [-0.05, 0) is 124 Å². The third kappa shape index (κ3) is 7.86. The number of aromatic nitrogens is 2. The SMILES string of the molecule is CCCc1c(C)[nH]c(/C=C2\N=C(CC3=N/C(=C/c4[nH]c(C)c(CCC)c4C)C(C)=C3CCC(=O)OC)C(C)=C2CCC(=O)OC)c1C. The molecule has 2 aliphatic heterocycles. The summed E-state index contributed by atoms with van der Waals surface area (Å²) in [6.07, 6.45) is 10.6. The van der Waals surface area contributed by atoms with Gasteiger partial charge in [0.1, 0.15) is 0 Å². The smallest absolute Gasteiger partial charge is 0.305 e. The van der Waals surface area contributed by atoms with E-state index in [1.54, 1.807) is 0 Å². The predicted octanol–water partition coefficient (Wildman–Crippen LogP) is 8.70. The molecule has 4 rings (SSSR count). The van der Waals surface area contributed by atoms with Gasteiger partial charge in [0.25, 0.3) is 0 Å². The number of aliphatic imine (C=N–C) groups is 2. The highest BCUT2D eigenvalue weighted by molar-refractivity contribution is 6.21. The van der Waals surface area contributed by atoms with Crippen LogP contribution in [-0.2, 0) is 31.9 Å². The molecule has 0 spiro atoms. The molecule has 0 unspecified atom stereocenters. The van der Waals surface area contributed by atoms with Crippen molar-refractivity contribution in [3.05, 3.63) is 78.7 Å². The van der Waals surface area contributed by atoms with Crippen molar-refractivity contribution in [2.75, 3.05) is 14.2 Å². The van der Waals surface area contributed by atoms with Gasteiger partial charge in [0.15, 0.2) is 0 Å². The third-order valence-electron chi connectivity index (χ3n) is 9.66. The molecular weight excluding hydrogens is 588 g/mol. The maximum atomic E-state index is 12.2. The minimum absolute atomic E-state index is 0.245. The molecule has 2 N–H and O–H groups in total. The molecule has 0 atom stereocenters. The second-order valence-corrected chi connectivity index (χ2v) is 12.7. The highest BCUT2D eigenvalue weighted by atomic mass is 16.5. The minimum Gasteiger partial charge on any atom is -0.469 e. The number of allylic oxidation sites excluding steroid dienone is 4. The summed E-state index contributed by atoms with van der Waals surface area (Å²) < 4.78 is 9.96. The number of aromatic amines is 2. The van der Waals surface area contributed by atoms with Gasteiger partial charge in [0.2, 0.25) is 0 Å². The molecule has 0 amide bonds. The van der Waals surface area contributed by atoms with Gasteiger partial charge >= 0.3 is 11.9 Å². The van der Waals surface area contributed by atoms with Gasteiger partial charge < -0.3 is 19.4 Å². The first kappa shape index (κ1) is 35.7. The number of rotatable bonds is 14. The molecule has 0 bridgehead atoms. The number of nitrogens with zero attached hydrogens (tertiary/aromatic N) is 2. The van der Waals surface area contributed by atoms with Crippen LogP contribution in [0.25, 0.3) is 12.2 Å². The summed E-state index contributed by atoms with van der Waals surface area (Å²) in [6, 6.07) is 0. The zero-order chi connectivity index (χ0) is 34.4. The molecule has 0 saturated carbocycles. The van der Waals surface area contributed by atoms with Gasteiger partial charge in [-0.3, -0.25) is 19.6 Å². The number of nitrogens with one attached hydrogen (secondary N) is 2. The van der Waals surface area contributed by atoms with Crippen LogP contribution in [0.3, 0.4) is 0 Å². The molecule has 47 heavy (non-hydrogen) atoms. The van der Waals surface area contributed by atoms with Gasteiger partial charge in [0, 0.05) is 42.0 Å². The molecular formula is C39H52N4O4. The lowest BCUT2D eigenvalue weighted by molar-refractivity contribution is -0.141. The van der Waals surface area contributed by atoms with E-state index in [0.717, 1.165) is 82.2 Å². The van der Waals surface area contributed by atoms with Crippen LogP contribution >= 0.6 is 0 Å². The topological polar surface area (TPSA) is 109 Å². The van der Waals surface area contributed by atoms with Crippen molar-refractivity contribution in [2.24, 2.45) is 9.98 Å². The summed E-state index contributed by atoms with van der Waals surface area (Å²) in [5.74, 6) is -0.489. The normalized spacial score (nSPS) is 16.6. The Labute approximate surface area is 280 Å². The Morgan fingerprint density at radius 3 is 1.60 bits per heavy atom. The van der Waals surface area contributed by atoms with Gasteiger partial charge in [-0.2, -0.15) is 0 Å². The van der Waals surface area contributed by atoms with Crippen molar-refractivity contribution in [1.29, 1.82) is 0 Å². The summed E-state index contributed by atoms with van der Waals surface area (Å²) in [5.41, 5.74) is 17.5. The van der Waals surface area contributed by atoms with Crippen LogP contribution in [0.1, 0.15) is 118 Å². The van der Waals surface area contributed by atoms with E-state index in [4.69, 9.17) is 19.5 Å². The summed E-state index contributed by atoms with van der Waals surface area (Å²) in [5, 5.41) is 0. The molecule has 2 aliphatic rings. The fraction of sp³-hybridized carbons (Fsp3) is 0.487. The molecule has 0 aliphatic carbocycles. The zero-order valence-electron chi connectivity index (χ0n) is 30.0. The van der Waals surface area contributed by atoms with E-state index in [-0.39, 0.29) is 24.8 Å². The Morgan fingerprint density at radius 1 is 0.638 bits per heavy atom. The third-order valence-corrected chi connectivity index (χ3v) is 9.66. The molecule has 2 aromatic heterocycles. The lowest BCUT2D eigenvalue weighted by Crippen LogP contribution is -2.11.